The maximum atomic E-state index is 10.7. The molecule has 1 N–H and O–H groups in total. The molecule has 2 aromatic rings. The number of nitrogens with zero attached hydrogens (tertiary/aromatic N) is 1. The Hall–Kier alpha value is -1.84. The van der Waals surface area contributed by atoms with Crippen molar-refractivity contribution in [1.29, 1.82) is 0 Å². The normalized spacial score (nSPS) is 10.5. The number of aryl methyl sites for hydroxylation is 1. The van der Waals surface area contributed by atoms with E-state index in [1.54, 1.807) is 12.1 Å². The largest absolute Gasteiger partial charge is 0.476 e. The van der Waals surface area contributed by atoms with Crippen molar-refractivity contribution in [3.8, 4) is 0 Å². The summed E-state index contributed by atoms with van der Waals surface area (Å²) in [4.78, 5) is 10.7. The number of para-hydroxylation sites is 1. The second-order valence-corrected chi connectivity index (χ2v) is 2.79. The average Bonchev–Trinajstić information content (AvgIpc) is 2.48. The van der Waals surface area contributed by atoms with E-state index in [0.717, 1.165) is 5.56 Å². The summed E-state index contributed by atoms with van der Waals surface area (Å²) in [6.07, 6.45) is 0. The van der Waals surface area contributed by atoms with Gasteiger partial charge in [0.15, 0.2) is 11.3 Å². The van der Waals surface area contributed by atoms with Crippen molar-refractivity contribution in [3.05, 3.63) is 29.5 Å². The zero-order valence-electron chi connectivity index (χ0n) is 6.94. The van der Waals surface area contributed by atoms with Gasteiger partial charge in [0.05, 0.1) is 5.39 Å². The van der Waals surface area contributed by atoms with Crippen molar-refractivity contribution in [2.24, 2.45) is 0 Å². The van der Waals surface area contributed by atoms with Crippen LogP contribution in [0, 0.1) is 6.92 Å². The van der Waals surface area contributed by atoms with Crippen LogP contribution in [0.5, 0.6) is 0 Å². The smallest absolute Gasteiger partial charge is 0.358 e. The molecule has 0 aliphatic heterocycles. The molecule has 1 aromatic heterocycles. The summed E-state index contributed by atoms with van der Waals surface area (Å²) in [6.45, 7) is 1.85. The minimum Gasteiger partial charge on any atom is -0.476 e. The molecule has 1 heterocycles. The van der Waals surface area contributed by atoms with Crippen LogP contribution in [0.25, 0.3) is 11.0 Å². The summed E-state index contributed by atoms with van der Waals surface area (Å²) in [5, 5.41) is 12.8. The van der Waals surface area contributed by atoms with E-state index in [1.807, 2.05) is 13.0 Å². The second-order valence-electron chi connectivity index (χ2n) is 2.79. The number of aromatic carboxylic acids is 1. The standard InChI is InChI=1S/C9H7NO3/c1-5-3-2-4-6-7(9(11)12)10-13-8(5)6/h2-4H,1H3,(H,11,12). The van der Waals surface area contributed by atoms with Gasteiger partial charge in [-0.1, -0.05) is 17.3 Å². The molecule has 0 spiro atoms. The van der Waals surface area contributed by atoms with Crippen LogP contribution in [0.2, 0.25) is 0 Å². The van der Waals surface area contributed by atoms with Crippen molar-refractivity contribution < 1.29 is 14.4 Å². The minimum absolute atomic E-state index is 0.0290. The summed E-state index contributed by atoms with van der Waals surface area (Å²) in [7, 11) is 0. The fourth-order valence-electron chi connectivity index (χ4n) is 1.25. The maximum absolute atomic E-state index is 10.7. The molecule has 0 saturated carbocycles. The van der Waals surface area contributed by atoms with Gasteiger partial charge >= 0.3 is 5.97 Å². The SMILES string of the molecule is Cc1cccc2c(C(=O)O)noc12. The number of fused-ring (bicyclic) bond motifs is 1. The van der Waals surface area contributed by atoms with Crippen molar-refractivity contribution in [1.82, 2.24) is 5.16 Å². The van der Waals surface area contributed by atoms with Gasteiger partial charge in [0.25, 0.3) is 0 Å². The molecule has 0 saturated heterocycles. The first-order valence-corrected chi connectivity index (χ1v) is 3.78. The van der Waals surface area contributed by atoms with Crippen molar-refractivity contribution >= 4 is 16.9 Å². The number of aromatic nitrogens is 1. The fourth-order valence-corrected chi connectivity index (χ4v) is 1.25. The van der Waals surface area contributed by atoms with E-state index in [2.05, 4.69) is 5.16 Å². The Kier molecular flexibility index (Phi) is 1.55. The third-order valence-electron chi connectivity index (χ3n) is 1.90. The van der Waals surface area contributed by atoms with Gasteiger partial charge in [-0.25, -0.2) is 4.79 Å². The van der Waals surface area contributed by atoms with Crippen LogP contribution < -0.4 is 0 Å². The number of hydrogen-bond acceptors (Lipinski definition) is 3. The Balaban J connectivity index is 2.83. The predicted molar refractivity (Wildman–Crippen MR) is 45.7 cm³/mol. The highest BCUT2D eigenvalue weighted by Crippen LogP contribution is 2.21. The van der Waals surface area contributed by atoms with Gasteiger partial charge in [-0.15, -0.1) is 0 Å². The number of benzene rings is 1. The molecule has 0 atom stereocenters. The Bertz CT molecular complexity index is 473. The summed E-state index contributed by atoms with van der Waals surface area (Å²) in [6, 6.07) is 5.31. The molecule has 1 aromatic carbocycles. The number of rotatable bonds is 1. The third kappa shape index (κ3) is 1.07. The van der Waals surface area contributed by atoms with E-state index < -0.39 is 5.97 Å². The van der Waals surface area contributed by atoms with Crippen LogP contribution in [0.15, 0.2) is 22.7 Å². The monoisotopic (exact) mass is 177 g/mol. The van der Waals surface area contributed by atoms with Gasteiger partial charge in [-0.3, -0.25) is 0 Å². The zero-order valence-corrected chi connectivity index (χ0v) is 6.94. The van der Waals surface area contributed by atoms with E-state index in [-0.39, 0.29) is 5.69 Å². The molecule has 4 heteroatoms. The topological polar surface area (TPSA) is 63.3 Å². The first kappa shape index (κ1) is 7.79. The molecule has 2 rings (SSSR count). The predicted octanol–water partition coefficient (Wildman–Crippen LogP) is 1.83. The van der Waals surface area contributed by atoms with Gasteiger partial charge in [-0.2, -0.15) is 0 Å². The van der Waals surface area contributed by atoms with E-state index in [1.165, 1.54) is 0 Å². The lowest BCUT2D eigenvalue weighted by Gasteiger charge is -1.90. The first-order chi connectivity index (χ1) is 6.20. The molecule has 13 heavy (non-hydrogen) atoms. The average molecular weight is 177 g/mol. The number of carboxylic acids is 1. The lowest BCUT2D eigenvalue weighted by molar-refractivity contribution is 0.0688. The van der Waals surface area contributed by atoms with Crippen LogP contribution >= 0.6 is 0 Å². The zero-order chi connectivity index (χ0) is 9.42. The van der Waals surface area contributed by atoms with Crippen LogP contribution in [-0.2, 0) is 0 Å². The Labute approximate surface area is 73.8 Å². The molecule has 0 bridgehead atoms. The number of carboxylic acid groups (broad SMARTS) is 1. The number of carbonyl (C=O) groups is 1. The molecule has 0 aliphatic carbocycles. The molecule has 0 amide bonds. The summed E-state index contributed by atoms with van der Waals surface area (Å²) in [5.74, 6) is -1.07. The third-order valence-corrected chi connectivity index (χ3v) is 1.90. The van der Waals surface area contributed by atoms with E-state index in [4.69, 9.17) is 9.63 Å². The Morgan fingerprint density at radius 1 is 1.54 bits per heavy atom. The van der Waals surface area contributed by atoms with Gasteiger partial charge in [0.1, 0.15) is 0 Å². The van der Waals surface area contributed by atoms with Crippen LogP contribution in [-0.4, -0.2) is 16.2 Å². The maximum Gasteiger partial charge on any atom is 0.358 e. The van der Waals surface area contributed by atoms with Crippen molar-refractivity contribution in [2.75, 3.05) is 0 Å². The highest BCUT2D eigenvalue weighted by Gasteiger charge is 2.15. The molecule has 0 radical (unpaired) electrons. The van der Waals surface area contributed by atoms with Crippen LogP contribution in [0.4, 0.5) is 0 Å². The number of hydrogen-bond donors (Lipinski definition) is 1. The van der Waals surface area contributed by atoms with Gasteiger partial charge in [-0.05, 0) is 18.6 Å². The minimum atomic E-state index is -1.07. The lowest BCUT2D eigenvalue weighted by atomic mass is 10.1. The molecule has 0 aliphatic rings. The summed E-state index contributed by atoms with van der Waals surface area (Å²) in [5.41, 5.74) is 1.40. The van der Waals surface area contributed by atoms with Gasteiger partial charge in [0, 0.05) is 0 Å². The van der Waals surface area contributed by atoms with Crippen molar-refractivity contribution in [3.63, 3.8) is 0 Å². The van der Waals surface area contributed by atoms with Gasteiger partial charge < -0.3 is 9.63 Å². The van der Waals surface area contributed by atoms with Crippen LogP contribution in [0.1, 0.15) is 16.1 Å². The highest BCUT2D eigenvalue weighted by molar-refractivity contribution is 6.00. The fraction of sp³-hybridized carbons (Fsp3) is 0.111. The summed E-state index contributed by atoms with van der Waals surface area (Å²) < 4.78 is 4.91. The molecular weight excluding hydrogens is 170 g/mol. The van der Waals surface area contributed by atoms with Crippen molar-refractivity contribution in [2.45, 2.75) is 6.92 Å². The van der Waals surface area contributed by atoms with Crippen LogP contribution in [0.3, 0.4) is 0 Å². The van der Waals surface area contributed by atoms with E-state index in [9.17, 15) is 4.79 Å². The lowest BCUT2D eigenvalue weighted by Crippen LogP contribution is -1.96. The first-order valence-electron chi connectivity index (χ1n) is 3.78. The second kappa shape index (κ2) is 2.58. The molecule has 66 valence electrons. The Morgan fingerprint density at radius 3 is 3.00 bits per heavy atom. The van der Waals surface area contributed by atoms with Gasteiger partial charge in [0.2, 0.25) is 0 Å². The van der Waals surface area contributed by atoms with E-state index >= 15 is 0 Å². The molecule has 0 unspecified atom stereocenters. The quantitative estimate of drug-likeness (QED) is 0.721. The highest BCUT2D eigenvalue weighted by atomic mass is 16.5. The summed E-state index contributed by atoms with van der Waals surface area (Å²) >= 11 is 0. The molecular formula is C9H7NO3. The molecule has 0 fully saturated rings. The Morgan fingerprint density at radius 2 is 2.31 bits per heavy atom. The molecule has 4 nitrogen and oxygen atoms in total. The van der Waals surface area contributed by atoms with E-state index in [0.29, 0.717) is 11.0 Å².